The smallest absolute Gasteiger partial charge is 0.280 e. The topological polar surface area (TPSA) is 61.4 Å². The first-order chi connectivity index (χ1) is 9.90. The van der Waals surface area contributed by atoms with Gasteiger partial charge in [-0.25, -0.2) is 4.39 Å². The molecule has 118 valence electrons. The highest BCUT2D eigenvalue weighted by Crippen LogP contribution is 2.23. The van der Waals surface area contributed by atoms with Crippen LogP contribution in [-0.2, 0) is 10.2 Å². The Morgan fingerprint density at radius 1 is 1.19 bits per heavy atom. The second-order valence-corrected chi connectivity index (χ2v) is 7.25. The first kappa shape index (κ1) is 16.4. The Labute approximate surface area is 125 Å². The van der Waals surface area contributed by atoms with Gasteiger partial charge in [0.25, 0.3) is 10.2 Å². The van der Waals surface area contributed by atoms with Crippen molar-refractivity contribution < 1.29 is 12.8 Å². The highest BCUT2D eigenvalue weighted by atomic mass is 32.2. The molecule has 7 heteroatoms. The van der Waals surface area contributed by atoms with E-state index < -0.39 is 10.2 Å². The van der Waals surface area contributed by atoms with E-state index in [1.807, 2.05) is 13.8 Å². The molecule has 0 saturated carbocycles. The quantitative estimate of drug-likeness (QED) is 0.860. The van der Waals surface area contributed by atoms with Crippen molar-refractivity contribution in [3.63, 3.8) is 0 Å². The fourth-order valence-corrected chi connectivity index (χ4v) is 3.92. The molecule has 0 bridgehead atoms. The fourth-order valence-electron chi connectivity index (χ4n) is 2.38. The summed E-state index contributed by atoms with van der Waals surface area (Å²) in [5.41, 5.74) is 0.769. The molecular formula is C14H22FN3O2S. The van der Waals surface area contributed by atoms with Crippen LogP contribution in [0.4, 0.5) is 4.39 Å². The predicted molar refractivity (Wildman–Crippen MR) is 80.5 cm³/mol. The van der Waals surface area contributed by atoms with Gasteiger partial charge in [0.1, 0.15) is 5.82 Å². The van der Waals surface area contributed by atoms with Crippen molar-refractivity contribution in [2.24, 2.45) is 5.92 Å². The summed E-state index contributed by atoms with van der Waals surface area (Å²) in [5, 5.41) is 3.13. The van der Waals surface area contributed by atoms with Crippen LogP contribution in [0.1, 0.15) is 25.5 Å². The molecule has 2 rings (SSSR count). The van der Waals surface area contributed by atoms with Crippen molar-refractivity contribution in [3.05, 3.63) is 35.6 Å². The zero-order valence-corrected chi connectivity index (χ0v) is 13.2. The third-order valence-corrected chi connectivity index (χ3v) is 5.18. The lowest BCUT2D eigenvalue weighted by molar-refractivity contribution is 0.344. The predicted octanol–water partition coefficient (Wildman–Crippen LogP) is 1.26. The van der Waals surface area contributed by atoms with Crippen molar-refractivity contribution in [2.45, 2.75) is 19.9 Å². The monoisotopic (exact) mass is 315 g/mol. The first-order valence-corrected chi connectivity index (χ1v) is 8.58. The van der Waals surface area contributed by atoms with Gasteiger partial charge in [-0.3, -0.25) is 0 Å². The Balaban J connectivity index is 2.17. The molecule has 1 aromatic carbocycles. The molecule has 1 saturated heterocycles. The number of hydrogen-bond acceptors (Lipinski definition) is 3. The van der Waals surface area contributed by atoms with Gasteiger partial charge in [0.15, 0.2) is 0 Å². The summed E-state index contributed by atoms with van der Waals surface area (Å²) in [7, 11) is -3.54. The summed E-state index contributed by atoms with van der Waals surface area (Å²) in [6.07, 6.45) is 0. The highest BCUT2D eigenvalue weighted by Gasteiger charge is 2.28. The van der Waals surface area contributed by atoms with Gasteiger partial charge in [-0.2, -0.15) is 17.4 Å². The van der Waals surface area contributed by atoms with Gasteiger partial charge < -0.3 is 5.32 Å². The van der Waals surface area contributed by atoms with E-state index in [0.29, 0.717) is 26.2 Å². The molecule has 0 amide bonds. The van der Waals surface area contributed by atoms with Crippen LogP contribution in [0.15, 0.2) is 24.3 Å². The lowest BCUT2D eigenvalue weighted by Gasteiger charge is -2.30. The molecule has 1 heterocycles. The number of nitrogens with one attached hydrogen (secondary N) is 2. The van der Waals surface area contributed by atoms with E-state index in [4.69, 9.17) is 0 Å². The molecule has 0 spiro atoms. The third-order valence-electron chi connectivity index (χ3n) is 3.59. The average Bonchev–Trinajstić information content (AvgIpc) is 2.47. The Morgan fingerprint density at radius 3 is 2.29 bits per heavy atom. The third kappa shape index (κ3) is 4.23. The van der Waals surface area contributed by atoms with Gasteiger partial charge in [0, 0.05) is 26.2 Å². The minimum atomic E-state index is -3.54. The number of halogens is 1. The van der Waals surface area contributed by atoms with E-state index in [2.05, 4.69) is 10.0 Å². The van der Waals surface area contributed by atoms with Gasteiger partial charge in [0.05, 0.1) is 6.04 Å². The molecule has 1 unspecified atom stereocenters. The minimum Gasteiger partial charge on any atom is -0.314 e. The van der Waals surface area contributed by atoms with Gasteiger partial charge >= 0.3 is 0 Å². The second kappa shape index (κ2) is 6.83. The van der Waals surface area contributed by atoms with Crippen molar-refractivity contribution >= 4 is 10.2 Å². The maximum absolute atomic E-state index is 13.0. The molecule has 1 atom stereocenters. The van der Waals surface area contributed by atoms with E-state index in [1.165, 1.54) is 16.4 Å². The summed E-state index contributed by atoms with van der Waals surface area (Å²) < 4.78 is 42.1. The van der Waals surface area contributed by atoms with Crippen LogP contribution in [0.25, 0.3) is 0 Å². The number of rotatable bonds is 5. The largest absolute Gasteiger partial charge is 0.314 e. The summed E-state index contributed by atoms with van der Waals surface area (Å²) in [4.78, 5) is 0. The molecule has 0 radical (unpaired) electrons. The van der Waals surface area contributed by atoms with Gasteiger partial charge in [0.2, 0.25) is 0 Å². The highest BCUT2D eigenvalue weighted by molar-refractivity contribution is 7.87. The molecular weight excluding hydrogens is 293 g/mol. The summed E-state index contributed by atoms with van der Waals surface area (Å²) in [6, 6.07) is 5.58. The Hall–Kier alpha value is -1.02. The van der Waals surface area contributed by atoms with Crippen molar-refractivity contribution in [2.75, 3.05) is 26.2 Å². The zero-order chi connectivity index (χ0) is 15.5. The molecule has 0 aliphatic carbocycles. The summed E-state index contributed by atoms with van der Waals surface area (Å²) in [5.74, 6) is -0.264. The molecule has 5 nitrogen and oxygen atoms in total. The van der Waals surface area contributed by atoms with Crippen LogP contribution < -0.4 is 10.0 Å². The van der Waals surface area contributed by atoms with E-state index in [9.17, 15) is 12.8 Å². The molecule has 1 aliphatic rings. The molecule has 1 fully saturated rings. The lowest BCUT2D eigenvalue weighted by atomic mass is 9.97. The summed E-state index contributed by atoms with van der Waals surface area (Å²) >= 11 is 0. The number of hydrogen-bond donors (Lipinski definition) is 2. The van der Waals surface area contributed by atoms with Crippen LogP contribution in [-0.4, -0.2) is 38.9 Å². The lowest BCUT2D eigenvalue weighted by Crippen LogP contribution is -2.51. The van der Waals surface area contributed by atoms with Crippen molar-refractivity contribution in [1.29, 1.82) is 0 Å². The number of benzene rings is 1. The first-order valence-electron chi connectivity index (χ1n) is 7.14. The molecule has 21 heavy (non-hydrogen) atoms. The van der Waals surface area contributed by atoms with Gasteiger partial charge in [-0.1, -0.05) is 26.0 Å². The van der Waals surface area contributed by atoms with Crippen LogP contribution >= 0.6 is 0 Å². The Kier molecular flexibility index (Phi) is 5.32. The van der Waals surface area contributed by atoms with Crippen LogP contribution in [0, 0.1) is 11.7 Å². The molecule has 0 aromatic heterocycles. The standard InChI is InChI=1S/C14H22FN3O2S/c1-11(2)14(12-3-5-13(15)6-4-12)17-21(19,20)18-9-7-16-8-10-18/h3-6,11,14,16-17H,7-10H2,1-2H3. The number of nitrogens with zero attached hydrogens (tertiary/aromatic N) is 1. The normalized spacial score (nSPS) is 18.9. The molecule has 1 aliphatic heterocycles. The van der Waals surface area contributed by atoms with E-state index >= 15 is 0 Å². The maximum Gasteiger partial charge on any atom is 0.280 e. The minimum absolute atomic E-state index is 0.0631. The van der Waals surface area contributed by atoms with E-state index in [1.54, 1.807) is 12.1 Å². The van der Waals surface area contributed by atoms with Crippen LogP contribution in [0.3, 0.4) is 0 Å². The van der Waals surface area contributed by atoms with Gasteiger partial charge in [-0.05, 0) is 23.6 Å². The fraction of sp³-hybridized carbons (Fsp3) is 0.571. The maximum atomic E-state index is 13.0. The van der Waals surface area contributed by atoms with E-state index in [-0.39, 0.29) is 17.8 Å². The van der Waals surface area contributed by atoms with Crippen molar-refractivity contribution in [3.8, 4) is 0 Å². The second-order valence-electron chi connectivity index (χ2n) is 5.55. The zero-order valence-electron chi connectivity index (χ0n) is 12.3. The Morgan fingerprint density at radius 2 is 1.76 bits per heavy atom. The number of piperazine rings is 1. The SMILES string of the molecule is CC(C)C(NS(=O)(=O)N1CCNCC1)c1ccc(F)cc1. The van der Waals surface area contributed by atoms with Crippen molar-refractivity contribution in [1.82, 2.24) is 14.3 Å². The summed E-state index contributed by atoms with van der Waals surface area (Å²) in [6.45, 7) is 6.11. The Bertz CT molecular complexity index is 554. The van der Waals surface area contributed by atoms with Gasteiger partial charge in [-0.15, -0.1) is 0 Å². The average molecular weight is 315 g/mol. The van der Waals surface area contributed by atoms with E-state index in [0.717, 1.165) is 5.56 Å². The van der Waals surface area contributed by atoms with Crippen LogP contribution in [0.2, 0.25) is 0 Å². The molecule has 2 N–H and O–H groups in total. The molecule has 1 aromatic rings. The van der Waals surface area contributed by atoms with Crippen LogP contribution in [0.5, 0.6) is 0 Å².